The van der Waals surface area contributed by atoms with Gasteiger partial charge in [-0.15, -0.1) is 0 Å². The Kier molecular flexibility index (Phi) is 1.76. The molecule has 1 aliphatic heterocycles. The van der Waals surface area contributed by atoms with E-state index in [0.29, 0.717) is 6.41 Å². The molecular weight excluding hydrogens is 154 g/mol. The van der Waals surface area contributed by atoms with Gasteiger partial charge in [0.25, 0.3) is 0 Å². The number of sulfone groups is 1. The van der Waals surface area contributed by atoms with Crippen molar-refractivity contribution in [1.29, 1.82) is 0 Å². The molecule has 1 aliphatic rings. The molecule has 1 N–H and O–H groups in total. The molecule has 1 atom stereocenters. The molecule has 0 aromatic rings. The molecule has 5 heteroatoms. The first-order valence-electron chi connectivity index (χ1n) is 2.75. The number of rotatable bonds is 2. The second kappa shape index (κ2) is 2.42. The quantitative estimate of drug-likeness (QED) is 0.531. The summed E-state index contributed by atoms with van der Waals surface area (Å²) in [6, 6.07) is -0.331. The minimum Gasteiger partial charge on any atom is -0.351 e. The van der Waals surface area contributed by atoms with E-state index in [-0.39, 0.29) is 11.8 Å². The molecule has 0 aromatic carbocycles. The molecule has 0 aliphatic carbocycles. The third-order valence-corrected chi connectivity index (χ3v) is 2.61. The van der Waals surface area contributed by atoms with Gasteiger partial charge in [-0.05, 0) is 6.08 Å². The Balaban J connectivity index is 2.62. The van der Waals surface area contributed by atoms with Crippen LogP contribution in [0.1, 0.15) is 0 Å². The largest absolute Gasteiger partial charge is 0.351 e. The van der Waals surface area contributed by atoms with E-state index in [4.69, 9.17) is 0 Å². The number of hydrogen-bond acceptors (Lipinski definition) is 3. The van der Waals surface area contributed by atoms with E-state index in [1.807, 2.05) is 0 Å². The Morgan fingerprint density at radius 2 is 2.30 bits per heavy atom. The number of carbonyl (C=O) groups excluding carboxylic acids is 1. The van der Waals surface area contributed by atoms with Crippen LogP contribution >= 0.6 is 0 Å². The monoisotopic (exact) mass is 161 g/mol. The van der Waals surface area contributed by atoms with Gasteiger partial charge in [0, 0.05) is 5.41 Å². The fourth-order valence-corrected chi connectivity index (χ4v) is 2.02. The molecular formula is C5H7NO3S. The van der Waals surface area contributed by atoms with Crippen molar-refractivity contribution < 1.29 is 13.2 Å². The maximum atomic E-state index is 10.7. The van der Waals surface area contributed by atoms with Crippen LogP contribution in [0.4, 0.5) is 0 Å². The van der Waals surface area contributed by atoms with Crippen molar-refractivity contribution in [2.24, 2.45) is 0 Å². The molecule has 1 amide bonds. The first kappa shape index (κ1) is 7.27. The predicted octanol–water partition coefficient (Wildman–Crippen LogP) is -0.957. The molecule has 4 nitrogen and oxygen atoms in total. The lowest BCUT2D eigenvalue weighted by atomic mass is 10.3. The Hall–Kier alpha value is -0.840. The third kappa shape index (κ3) is 1.57. The molecule has 1 rings (SSSR count). The Morgan fingerprint density at radius 3 is 2.70 bits per heavy atom. The molecule has 56 valence electrons. The zero-order valence-corrected chi connectivity index (χ0v) is 5.97. The van der Waals surface area contributed by atoms with Crippen molar-refractivity contribution in [3.05, 3.63) is 11.5 Å². The number of hydrogen-bond donors (Lipinski definition) is 1. The fraction of sp³-hybridized carbons (Fsp3) is 0.400. The maximum absolute atomic E-state index is 10.7. The van der Waals surface area contributed by atoms with Crippen LogP contribution in [-0.4, -0.2) is 26.6 Å². The van der Waals surface area contributed by atoms with Crippen LogP contribution in [-0.2, 0) is 14.6 Å². The Morgan fingerprint density at radius 1 is 1.60 bits per heavy atom. The second-order valence-electron chi connectivity index (χ2n) is 2.05. The zero-order chi connectivity index (χ0) is 7.61. The molecule has 0 radical (unpaired) electrons. The lowest BCUT2D eigenvalue weighted by Crippen LogP contribution is -2.28. The molecule has 1 unspecified atom stereocenters. The van der Waals surface area contributed by atoms with Crippen molar-refractivity contribution >= 4 is 16.2 Å². The van der Waals surface area contributed by atoms with Gasteiger partial charge in [0.15, 0.2) is 9.84 Å². The topological polar surface area (TPSA) is 63.2 Å². The van der Waals surface area contributed by atoms with E-state index in [9.17, 15) is 13.2 Å². The number of carbonyl (C=O) groups is 1. The molecule has 1 heterocycles. The lowest BCUT2D eigenvalue weighted by Gasteiger charge is -2.01. The van der Waals surface area contributed by atoms with Gasteiger partial charge in [-0.2, -0.15) is 0 Å². The van der Waals surface area contributed by atoms with Crippen LogP contribution in [0.3, 0.4) is 0 Å². The summed E-state index contributed by atoms with van der Waals surface area (Å²) in [5.74, 6) is -0.00819. The van der Waals surface area contributed by atoms with Crippen molar-refractivity contribution in [1.82, 2.24) is 5.32 Å². The van der Waals surface area contributed by atoms with Crippen LogP contribution in [0.15, 0.2) is 11.5 Å². The minimum atomic E-state index is -3.02. The van der Waals surface area contributed by atoms with E-state index < -0.39 is 9.84 Å². The highest BCUT2D eigenvalue weighted by Gasteiger charge is 2.20. The molecule has 10 heavy (non-hydrogen) atoms. The standard InChI is InChI=1S/C5H7NO3S/c7-4-6-5-1-2-10(8,9)3-5/h1-2,4-5H,3H2,(H,6,7). The van der Waals surface area contributed by atoms with Crippen molar-refractivity contribution in [3.8, 4) is 0 Å². The number of amides is 1. The Bertz CT molecular complexity index is 254. The predicted molar refractivity (Wildman–Crippen MR) is 35.9 cm³/mol. The van der Waals surface area contributed by atoms with E-state index in [1.54, 1.807) is 0 Å². The van der Waals surface area contributed by atoms with Crippen molar-refractivity contribution in [2.75, 3.05) is 5.75 Å². The summed E-state index contributed by atoms with van der Waals surface area (Å²) >= 11 is 0. The SMILES string of the molecule is O=CNC1C=CS(=O)(=O)C1. The number of nitrogens with one attached hydrogen (secondary N) is 1. The fourth-order valence-electron chi connectivity index (χ4n) is 0.767. The molecule has 0 saturated heterocycles. The van der Waals surface area contributed by atoms with Crippen LogP contribution in [0.5, 0.6) is 0 Å². The van der Waals surface area contributed by atoms with Crippen LogP contribution in [0.2, 0.25) is 0 Å². The molecule has 0 spiro atoms. The summed E-state index contributed by atoms with van der Waals surface area (Å²) in [4.78, 5) is 9.83. The summed E-state index contributed by atoms with van der Waals surface area (Å²) < 4.78 is 21.3. The van der Waals surface area contributed by atoms with Crippen LogP contribution < -0.4 is 5.32 Å². The summed E-state index contributed by atoms with van der Waals surface area (Å²) in [6.07, 6.45) is 1.96. The van der Waals surface area contributed by atoms with Crippen molar-refractivity contribution in [3.63, 3.8) is 0 Å². The highest BCUT2D eigenvalue weighted by Crippen LogP contribution is 2.06. The van der Waals surface area contributed by atoms with Gasteiger partial charge in [0.2, 0.25) is 6.41 Å². The lowest BCUT2D eigenvalue weighted by molar-refractivity contribution is -0.109. The second-order valence-corrected chi connectivity index (χ2v) is 3.98. The average molecular weight is 161 g/mol. The van der Waals surface area contributed by atoms with Crippen LogP contribution in [0.25, 0.3) is 0 Å². The molecule has 0 bridgehead atoms. The van der Waals surface area contributed by atoms with Gasteiger partial charge in [-0.1, -0.05) is 0 Å². The average Bonchev–Trinajstić information content (AvgIpc) is 2.12. The summed E-state index contributed by atoms with van der Waals surface area (Å²) in [7, 11) is -3.02. The minimum absolute atomic E-state index is 0.00819. The van der Waals surface area contributed by atoms with E-state index in [0.717, 1.165) is 5.41 Å². The molecule has 0 fully saturated rings. The normalized spacial score (nSPS) is 28.2. The maximum Gasteiger partial charge on any atom is 0.207 e. The van der Waals surface area contributed by atoms with Gasteiger partial charge in [-0.3, -0.25) is 4.79 Å². The van der Waals surface area contributed by atoms with Gasteiger partial charge in [0.1, 0.15) is 0 Å². The first-order valence-corrected chi connectivity index (χ1v) is 4.46. The smallest absolute Gasteiger partial charge is 0.207 e. The van der Waals surface area contributed by atoms with E-state index in [2.05, 4.69) is 5.32 Å². The highest BCUT2D eigenvalue weighted by molar-refractivity contribution is 7.94. The van der Waals surface area contributed by atoms with Gasteiger partial charge in [-0.25, -0.2) is 8.42 Å². The van der Waals surface area contributed by atoms with E-state index in [1.165, 1.54) is 6.08 Å². The van der Waals surface area contributed by atoms with Gasteiger partial charge < -0.3 is 5.32 Å². The summed E-state index contributed by atoms with van der Waals surface area (Å²) in [6.45, 7) is 0. The van der Waals surface area contributed by atoms with Crippen molar-refractivity contribution in [2.45, 2.75) is 6.04 Å². The summed E-state index contributed by atoms with van der Waals surface area (Å²) in [5, 5.41) is 3.47. The first-order chi connectivity index (χ1) is 4.64. The van der Waals surface area contributed by atoms with Crippen LogP contribution in [0, 0.1) is 0 Å². The Labute approximate surface area is 58.8 Å². The van der Waals surface area contributed by atoms with Gasteiger partial charge in [0.05, 0.1) is 11.8 Å². The van der Waals surface area contributed by atoms with Gasteiger partial charge >= 0.3 is 0 Å². The zero-order valence-electron chi connectivity index (χ0n) is 5.15. The molecule has 0 aromatic heterocycles. The third-order valence-electron chi connectivity index (χ3n) is 1.21. The van der Waals surface area contributed by atoms with E-state index >= 15 is 0 Å². The highest BCUT2D eigenvalue weighted by atomic mass is 32.2. The summed E-state index contributed by atoms with van der Waals surface area (Å²) in [5.41, 5.74) is 0. The molecule has 0 saturated carbocycles.